The number of nitrogens with zero attached hydrogens (tertiary/aromatic N) is 2. The number of hydrogen-bond acceptors (Lipinski definition) is 4. The maximum Gasteiger partial charge on any atom is 0.266 e. The molecule has 1 aliphatic heterocycles. The number of rotatable bonds is 5. The van der Waals surface area contributed by atoms with Crippen molar-refractivity contribution in [2.75, 3.05) is 23.9 Å². The molecular formula is C19H24N2O3S2. The summed E-state index contributed by atoms with van der Waals surface area (Å²) in [5.74, 6) is 0.412. The van der Waals surface area contributed by atoms with Gasteiger partial charge < -0.3 is 4.90 Å². The largest absolute Gasteiger partial charge is 0.338 e. The van der Waals surface area contributed by atoms with Crippen molar-refractivity contribution >= 4 is 33.0 Å². The summed E-state index contributed by atoms with van der Waals surface area (Å²) in [5, 5.41) is 1.79. The Labute approximate surface area is 159 Å². The zero-order valence-electron chi connectivity index (χ0n) is 15.1. The molecule has 0 spiro atoms. The third-order valence-electron chi connectivity index (χ3n) is 4.67. The second kappa shape index (κ2) is 7.80. The van der Waals surface area contributed by atoms with Gasteiger partial charge in [0.05, 0.1) is 10.6 Å². The predicted molar refractivity (Wildman–Crippen MR) is 105 cm³/mol. The zero-order chi connectivity index (χ0) is 18.7. The van der Waals surface area contributed by atoms with E-state index >= 15 is 0 Å². The van der Waals surface area contributed by atoms with E-state index in [1.54, 1.807) is 48.7 Å². The molecule has 26 heavy (non-hydrogen) atoms. The molecule has 1 aromatic carbocycles. The predicted octanol–water partition coefficient (Wildman–Crippen LogP) is 3.84. The number of anilines is 1. The van der Waals surface area contributed by atoms with Gasteiger partial charge >= 0.3 is 0 Å². The number of piperidine rings is 1. The highest BCUT2D eigenvalue weighted by molar-refractivity contribution is 7.92. The molecule has 0 aliphatic carbocycles. The van der Waals surface area contributed by atoms with Crippen LogP contribution in [0.2, 0.25) is 0 Å². The number of carbonyl (C=O) groups is 1. The topological polar surface area (TPSA) is 57.7 Å². The first-order valence-electron chi connectivity index (χ1n) is 8.89. The Morgan fingerprint density at radius 1 is 1.27 bits per heavy atom. The molecule has 0 radical (unpaired) electrons. The normalized spacial score (nSPS) is 17.9. The second-order valence-corrected chi connectivity index (χ2v) is 9.39. The molecule has 3 rings (SSSR count). The van der Waals surface area contributed by atoms with Gasteiger partial charge in [0.15, 0.2) is 0 Å². The Bertz CT molecular complexity index is 862. The van der Waals surface area contributed by atoms with Crippen LogP contribution >= 0.6 is 11.3 Å². The Morgan fingerprint density at radius 2 is 2.00 bits per heavy atom. The molecular weight excluding hydrogens is 368 g/mol. The summed E-state index contributed by atoms with van der Waals surface area (Å²) in [5.41, 5.74) is 0.476. The van der Waals surface area contributed by atoms with Crippen LogP contribution in [-0.4, -0.2) is 38.9 Å². The van der Waals surface area contributed by atoms with Crippen LogP contribution in [0.4, 0.5) is 5.69 Å². The summed E-state index contributed by atoms with van der Waals surface area (Å²) < 4.78 is 27.5. The van der Waals surface area contributed by atoms with Crippen molar-refractivity contribution in [2.45, 2.75) is 31.6 Å². The fourth-order valence-electron chi connectivity index (χ4n) is 3.37. The number of sulfonamides is 1. The third-order valence-corrected chi connectivity index (χ3v) is 7.46. The van der Waals surface area contributed by atoms with Gasteiger partial charge in [-0.2, -0.15) is 0 Å². The highest BCUT2D eigenvalue weighted by atomic mass is 32.2. The molecule has 1 fully saturated rings. The maximum absolute atomic E-state index is 13.1. The summed E-state index contributed by atoms with van der Waals surface area (Å²) in [6.45, 7) is 5.67. The van der Waals surface area contributed by atoms with Crippen LogP contribution in [0.3, 0.4) is 0 Å². The highest BCUT2D eigenvalue weighted by Crippen LogP contribution is 2.32. The summed E-state index contributed by atoms with van der Waals surface area (Å²) in [4.78, 5) is 15.6. The number of amides is 1. The second-order valence-electron chi connectivity index (χ2n) is 6.62. The van der Waals surface area contributed by atoms with Gasteiger partial charge in [-0.1, -0.05) is 25.1 Å². The quantitative estimate of drug-likeness (QED) is 0.777. The highest BCUT2D eigenvalue weighted by Gasteiger charge is 2.30. The first kappa shape index (κ1) is 18.9. The van der Waals surface area contributed by atoms with Gasteiger partial charge in [0, 0.05) is 19.6 Å². The minimum atomic E-state index is -3.70. The summed E-state index contributed by atoms with van der Waals surface area (Å²) >= 11 is 1.31. The zero-order valence-corrected chi connectivity index (χ0v) is 16.7. The van der Waals surface area contributed by atoms with E-state index in [0.29, 0.717) is 16.5 Å². The minimum Gasteiger partial charge on any atom is -0.338 e. The average molecular weight is 393 g/mol. The van der Waals surface area contributed by atoms with Crippen LogP contribution in [-0.2, 0) is 10.0 Å². The van der Waals surface area contributed by atoms with Gasteiger partial charge in [-0.25, -0.2) is 8.42 Å². The lowest BCUT2D eigenvalue weighted by atomic mass is 10.0. The van der Waals surface area contributed by atoms with Crippen LogP contribution in [0, 0.1) is 5.92 Å². The van der Waals surface area contributed by atoms with Gasteiger partial charge in [-0.15, -0.1) is 11.3 Å². The molecule has 1 unspecified atom stereocenters. The SMILES string of the molecule is CCN(c1ccsc1C(=O)N1CCCC(C)C1)S(=O)(=O)c1ccccc1. The summed E-state index contributed by atoms with van der Waals surface area (Å²) in [6.07, 6.45) is 2.12. The standard InChI is InChI=1S/C19H24N2O3S2/c1-3-21(26(23,24)16-9-5-4-6-10-16)17-11-13-25-18(17)19(22)20-12-7-8-15(2)14-20/h4-6,9-11,13,15H,3,7-8,12,14H2,1-2H3. The van der Waals surface area contributed by atoms with Gasteiger partial charge in [0.1, 0.15) is 4.88 Å². The van der Waals surface area contributed by atoms with Crippen LogP contribution < -0.4 is 4.31 Å². The monoisotopic (exact) mass is 392 g/mol. The van der Waals surface area contributed by atoms with E-state index in [4.69, 9.17) is 0 Å². The smallest absolute Gasteiger partial charge is 0.266 e. The van der Waals surface area contributed by atoms with E-state index in [0.717, 1.165) is 25.9 Å². The molecule has 5 nitrogen and oxygen atoms in total. The Kier molecular flexibility index (Phi) is 5.67. The van der Waals surface area contributed by atoms with Crippen LogP contribution in [0.25, 0.3) is 0 Å². The molecule has 0 bridgehead atoms. The number of likely N-dealkylation sites (tertiary alicyclic amines) is 1. The molecule has 1 saturated heterocycles. The lowest BCUT2D eigenvalue weighted by molar-refractivity contribution is 0.0688. The molecule has 2 heterocycles. The molecule has 140 valence electrons. The number of carbonyl (C=O) groups excluding carboxylic acids is 1. The van der Waals surface area contributed by atoms with E-state index in [1.165, 1.54) is 15.6 Å². The lowest BCUT2D eigenvalue weighted by Crippen LogP contribution is -2.40. The van der Waals surface area contributed by atoms with Gasteiger partial charge in [-0.05, 0) is 49.3 Å². The van der Waals surface area contributed by atoms with E-state index in [9.17, 15) is 13.2 Å². The lowest BCUT2D eigenvalue weighted by Gasteiger charge is -2.31. The Hall–Kier alpha value is -1.86. The Balaban J connectivity index is 1.94. The van der Waals surface area contributed by atoms with Gasteiger partial charge in [0.25, 0.3) is 15.9 Å². The molecule has 7 heteroatoms. The number of thiophene rings is 1. The maximum atomic E-state index is 13.1. The summed E-state index contributed by atoms with van der Waals surface area (Å²) in [6, 6.07) is 10.1. The van der Waals surface area contributed by atoms with Crippen molar-refractivity contribution < 1.29 is 13.2 Å². The van der Waals surface area contributed by atoms with Crippen molar-refractivity contribution in [2.24, 2.45) is 5.92 Å². The van der Waals surface area contributed by atoms with E-state index in [-0.39, 0.29) is 17.3 Å². The fraction of sp³-hybridized carbons (Fsp3) is 0.421. The van der Waals surface area contributed by atoms with Gasteiger partial charge in [-0.3, -0.25) is 9.10 Å². The van der Waals surface area contributed by atoms with Crippen molar-refractivity contribution in [3.8, 4) is 0 Å². The molecule has 1 aromatic heterocycles. The first-order chi connectivity index (χ1) is 12.4. The van der Waals surface area contributed by atoms with E-state index in [1.807, 2.05) is 4.90 Å². The van der Waals surface area contributed by atoms with Crippen LogP contribution in [0.1, 0.15) is 36.4 Å². The van der Waals surface area contributed by atoms with Crippen molar-refractivity contribution in [1.82, 2.24) is 4.90 Å². The van der Waals surface area contributed by atoms with Gasteiger partial charge in [0.2, 0.25) is 0 Å². The van der Waals surface area contributed by atoms with E-state index in [2.05, 4.69) is 6.92 Å². The van der Waals surface area contributed by atoms with E-state index < -0.39 is 10.0 Å². The molecule has 0 N–H and O–H groups in total. The molecule has 1 aliphatic rings. The minimum absolute atomic E-state index is 0.0664. The third kappa shape index (κ3) is 3.64. The Morgan fingerprint density at radius 3 is 2.65 bits per heavy atom. The number of hydrogen-bond donors (Lipinski definition) is 0. The molecule has 1 amide bonds. The van der Waals surface area contributed by atoms with Crippen LogP contribution in [0.15, 0.2) is 46.7 Å². The average Bonchev–Trinajstić information content (AvgIpc) is 3.11. The first-order valence-corrected chi connectivity index (χ1v) is 11.2. The van der Waals surface area contributed by atoms with Crippen molar-refractivity contribution in [1.29, 1.82) is 0 Å². The fourth-order valence-corrected chi connectivity index (χ4v) is 5.79. The molecule has 0 saturated carbocycles. The number of benzene rings is 1. The molecule has 2 aromatic rings. The molecule has 1 atom stereocenters. The van der Waals surface area contributed by atoms with Crippen molar-refractivity contribution in [3.63, 3.8) is 0 Å². The summed E-state index contributed by atoms with van der Waals surface area (Å²) in [7, 11) is -3.70. The van der Waals surface area contributed by atoms with Crippen LogP contribution in [0.5, 0.6) is 0 Å². The van der Waals surface area contributed by atoms with Crippen molar-refractivity contribution in [3.05, 3.63) is 46.7 Å².